The van der Waals surface area contributed by atoms with E-state index in [0.717, 1.165) is 31.7 Å². The highest BCUT2D eigenvalue weighted by Crippen LogP contribution is 2.24. The number of carbonyl (C=O) groups excluding carboxylic acids is 2. The lowest BCUT2D eigenvalue weighted by molar-refractivity contribution is -0.112. The van der Waals surface area contributed by atoms with Gasteiger partial charge in [-0.1, -0.05) is 43.5 Å². The van der Waals surface area contributed by atoms with Gasteiger partial charge in [0.25, 0.3) is 11.8 Å². The van der Waals surface area contributed by atoms with Gasteiger partial charge in [0, 0.05) is 61.8 Å². The molecule has 180 valence electrons. The molecule has 0 atom stereocenters. The Morgan fingerprint density at radius 1 is 0.886 bits per heavy atom. The summed E-state index contributed by atoms with van der Waals surface area (Å²) in [6.07, 6.45) is 0. The Kier molecular flexibility index (Phi) is 7.12. The molecule has 2 aromatic carbocycles. The van der Waals surface area contributed by atoms with Crippen LogP contribution in [-0.2, 0) is 11.8 Å². The number of rotatable bonds is 7. The number of hydrogen-bond acceptors (Lipinski definition) is 5. The van der Waals surface area contributed by atoms with E-state index >= 15 is 0 Å². The quantitative estimate of drug-likeness (QED) is 0.407. The second kappa shape index (κ2) is 10.4. The summed E-state index contributed by atoms with van der Waals surface area (Å²) in [7, 11) is 3.86. The van der Waals surface area contributed by atoms with Gasteiger partial charge in [0.2, 0.25) is 0 Å². The molecule has 0 bridgehead atoms. The van der Waals surface area contributed by atoms with Crippen LogP contribution in [0.1, 0.15) is 10.4 Å². The van der Waals surface area contributed by atoms with Gasteiger partial charge in [-0.2, -0.15) is 5.10 Å². The Labute approximate surface area is 205 Å². The van der Waals surface area contributed by atoms with Gasteiger partial charge in [0.1, 0.15) is 5.82 Å². The number of piperazine rings is 1. The van der Waals surface area contributed by atoms with E-state index < -0.39 is 0 Å². The number of likely N-dealkylation sites (N-methyl/N-ethyl adjacent to an activating group) is 1. The van der Waals surface area contributed by atoms with Crippen LogP contribution >= 0.6 is 0 Å². The van der Waals surface area contributed by atoms with Crippen LogP contribution in [0, 0.1) is 0 Å². The number of aryl methyl sites for hydroxylation is 1. The van der Waals surface area contributed by atoms with Gasteiger partial charge in [-0.25, -0.2) is 0 Å². The summed E-state index contributed by atoms with van der Waals surface area (Å²) >= 11 is 0. The van der Waals surface area contributed by atoms with Crippen LogP contribution in [0.5, 0.6) is 0 Å². The maximum atomic E-state index is 12.7. The minimum absolute atomic E-state index is 0.198. The molecule has 8 heteroatoms. The van der Waals surface area contributed by atoms with Crippen LogP contribution in [0.15, 0.2) is 85.1 Å². The van der Waals surface area contributed by atoms with Crippen molar-refractivity contribution in [2.24, 2.45) is 7.05 Å². The van der Waals surface area contributed by atoms with E-state index in [-0.39, 0.29) is 11.8 Å². The summed E-state index contributed by atoms with van der Waals surface area (Å²) in [5.74, 6) is 0.118. The molecule has 0 spiro atoms. The summed E-state index contributed by atoms with van der Waals surface area (Å²) in [6, 6.07) is 18.2. The van der Waals surface area contributed by atoms with Gasteiger partial charge in [-0.15, -0.1) is 0 Å². The Bertz CT molecular complexity index is 1240. The molecule has 1 saturated heterocycles. The van der Waals surface area contributed by atoms with Crippen molar-refractivity contribution in [3.8, 4) is 11.3 Å². The molecule has 2 heterocycles. The predicted molar refractivity (Wildman–Crippen MR) is 139 cm³/mol. The predicted octanol–water partition coefficient (Wildman–Crippen LogP) is 3.60. The fourth-order valence-corrected chi connectivity index (χ4v) is 3.83. The number of amides is 2. The van der Waals surface area contributed by atoms with Crippen LogP contribution in [-0.4, -0.2) is 64.6 Å². The van der Waals surface area contributed by atoms with Crippen molar-refractivity contribution in [2.75, 3.05) is 43.9 Å². The zero-order chi connectivity index (χ0) is 24.9. The van der Waals surface area contributed by atoms with Crippen molar-refractivity contribution in [3.63, 3.8) is 0 Å². The second-order valence-electron chi connectivity index (χ2n) is 8.61. The van der Waals surface area contributed by atoms with Crippen molar-refractivity contribution in [1.29, 1.82) is 0 Å². The van der Waals surface area contributed by atoms with Crippen LogP contribution in [0.3, 0.4) is 0 Å². The van der Waals surface area contributed by atoms with Crippen LogP contribution in [0.2, 0.25) is 0 Å². The molecule has 0 unspecified atom stereocenters. The van der Waals surface area contributed by atoms with Gasteiger partial charge in [-0.3, -0.25) is 14.3 Å². The van der Waals surface area contributed by atoms with E-state index in [1.807, 2.05) is 48.5 Å². The molecule has 2 N–H and O–H groups in total. The van der Waals surface area contributed by atoms with Gasteiger partial charge >= 0.3 is 0 Å². The van der Waals surface area contributed by atoms with Crippen molar-refractivity contribution in [2.45, 2.75) is 0 Å². The van der Waals surface area contributed by atoms with E-state index in [1.165, 1.54) is 0 Å². The van der Waals surface area contributed by atoms with Crippen molar-refractivity contribution in [3.05, 3.63) is 90.7 Å². The molecule has 1 fully saturated rings. The largest absolute Gasteiger partial charge is 0.369 e. The van der Waals surface area contributed by atoms with Crippen molar-refractivity contribution in [1.82, 2.24) is 19.6 Å². The van der Waals surface area contributed by atoms with Crippen molar-refractivity contribution < 1.29 is 9.59 Å². The van der Waals surface area contributed by atoms with E-state index in [9.17, 15) is 9.59 Å². The number of aromatic nitrogens is 2. The SMILES string of the molecule is C=C(C(=C)N1CCN(C)CC1)C(=O)Nc1ccc(-c2cc(NC(=O)c3ccccc3)n(C)n2)cc1. The van der Waals surface area contributed by atoms with E-state index in [2.05, 4.69) is 45.7 Å². The monoisotopic (exact) mass is 470 g/mol. The van der Waals surface area contributed by atoms with Crippen LogP contribution < -0.4 is 10.6 Å². The van der Waals surface area contributed by atoms with Crippen LogP contribution in [0.4, 0.5) is 11.5 Å². The molecule has 0 radical (unpaired) electrons. The Hall–Kier alpha value is -4.17. The first kappa shape index (κ1) is 24.0. The van der Waals surface area contributed by atoms with E-state index in [1.54, 1.807) is 23.9 Å². The third-order valence-corrected chi connectivity index (χ3v) is 6.10. The normalized spacial score (nSPS) is 13.8. The molecule has 8 nitrogen and oxygen atoms in total. The molecular formula is C27H30N6O2. The summed E-state index contributed by atoms with van der Waals surface area (Å²) < 4.78 is 1.62. The van der Waals surface area contributed by atoms with E-state index in [0.29, 0.717) is 34.0 Å². The maximum Gasteiger partial charge on any atom is 0.257 e. The average molecular weight is 471 g/mol. The summed E-state index contributed by atoms with van der Waals surface area (Å²) in [4.78, 5) is 29.5. The lowest BCUT2D eigenvalue weighted by Gasteiger charge is -2.35. The zero-order valence-electron chi connectivity index (χ0n) is 20.1. The lowest BCUT2D eigenvalue weighted by Crippen LogP contribution is -2.44. The fourth-order valence-electron chi connectivity index (χ4n) is 3.83. The van der Waals surface area contributed by atoms with Gasteiger partial charge < -0.3 is 20.4 Å². The highest BCUT2D eigenvalue weighted by Gasteiger charge is 2.20. The molecule has 35 heavy (non-hydrogen) atoms. The molecule has 1 aliphatic heterocycles. The maximum absolute atomic E-state index is 12.7. The van der Waals surface area contributed by atoms with Gasteiger partial charge in [-0.05, 0) is 31.3 Å². The standard InChI is InChI=1S/C27H30N6O2/c1-19(20(2)33-16-14-31(3)15-17-33)26(34)28-23-12-10-21(11-13-23)24-18-25(32(4)30-24)29-27(35)22-8-6-5-7-9-22/h5-13,18H,1-2,14-17H2,3-4H3,(H,28,34)(H,29,35). The minimum atomic E-state index is -0.273. The number of nitrogens with one attached hydrogen (secondary N) is 2. The first-order valence-electron chi connectivity index (χ1n) is 11.5. The molecule has 3 aromatic rings. The molecule has 1 aromatic heterocycles. The lowest BCUT2D eigenvalue weighted by atomic mass is 10.1. The average Bonchev–Trinajstić information content (AvgIpc) is 3.24. The Morgan fingerprint density at radius 2 is 1.54 bits per heavy atom. The molecule has 0 saturated carbocycles. The van der Waals surface area contributed by atoms with Crippen molar-refractivity contribution >= 4 is 23.3 Å². The number of nitrogens with zero attached hydrogens (tertiary/aromatic N) is 4. The first-order chi connectivity index (χ1) is 16.8. The number of benzene rings is 2. The Morgan fingerprint density at radius 3 is 2.20 bits per heavy atom. The first-order valence-corrected chi connectivity index (χ1v) is 11.5. The minimum Gasteiger partial charge on any atom is -0.369 e. The van der Waals surface area contributed by atoms with Gasteiger partial charge in [0.05, 0.1) is 11.3 Å². The highest BCUT2D eigenvalue weighted by molar-refractivity contribution is 6.06. The van der Waals surface area contributed by atoms with E-state index in [4.69, 9.17) is 0 Å². The topological polar surface area (TPSA) is 82.5 Å². The zero-order valence-corrected chi connectivity index (χ0v) is 20.1. The fraction of sp³-hybridized carbons (Fsp3) is 0.222. The number of anilines is 2. The molecule has 2 amide bonds. The third-order valence-electron chi connectivity index (χ3n) is 6.10. The summed E-state index contributed by atoms with van der Waals surface area (Å²) in [6.45, 7) is 11.5. The third kappa shape index (κ3) is 5.67. The Balaban J connectivity index is 1.38. The highest BCUT2D eigenvalue weighted by atomic mass is 16.2. The number of hydrogen-bond donors (Lipinski definition) is 2. The second-order valence-corrected chi connectivity index (χ2v) is 8.61. The molecule has 4 rings (SSSR count). The smallest absolute Gasteiger partial charge is 0.257 e. The molecule has 0 aliphatic carbocycles. The summed E-state index contributed by atoms with van der Waals surface area (Å²) in [5, 5.41) is 10.3. The molecule has 1 aliphatic rings. The van der Waals surface area contributed by atoms with Crippen LogP contribution in [0.25, 0.3) is 11.3 Å². The molecular weight excluding hydrogens is 440 g/mol. The van der Waals surface area contributed by atoms with Gasteiger partial charge in [0.15, 0.2) is 0 Å². The number of carbonyl (C=O) groups is 2. The summed E-state index contributed by atoms with van der Waals surface area (Å²) in [5.41, 5.74) is 3.82.